The van der Waals surface area contributed by atoms with Gasteiger partial charge in [0.15, 0.2) is 0 Å². The zero-order chi connectivity index (χ0) is 9.80. The van der Waals surface area contributed by atoms with E-state index in [1.165, 1.54) is 5.56 Å². The molecule has 0 aromatic heterocycles. The Labute approximate surface area is 84.8 Å². The predicted octanol–water partition coefficient (Wildman–Crippen LogP) is 2.42. The Morgan fingerprint density at radius 3 is 3.07 bits per heavy atom. The number of hydrogen-bond donors (Lipinski definition) is 0. The third kappa shape index (κ3) is 2.74. The van der Waals surface area contributed by atoms with Crippen LogP contribution in [-0.4, -0.2) is 19.3 Å². The molecule has 1 aromatic carbocycles. The van der Waals surface area contributed by atoms with Gasteiger partial charge in [-0.25, -0.2) is 0 Å². The molecule has 0 N–H and O–H groups in total. The highest BCUT2D eigenvalue weighted by Crippen LogP contribution is 2.17. The molecule has 0 bridgehead atoms. The van der Waals surface area contributed by atoms with Gasteiger partial charge in [-0.1, -0.05) is 19.1 Å². The second kappa shape index (κ2) is 4.47. The van der Waals surface area contributed by atoms with E-state index in [-0.39, 0.29) is 0 Å². The lowest BCUT2D eigenvalue weighted by Gasteiger charge is -2.05. The summed E-state index contributed by atoms with van der Waals surface area (Å²) in [6, 6.07) is 8.28. The lowest BCUT2D eigenvalue weighted by molar-refractivity contribution is 0.283. The van der Waals surface area contributed by atoms with E-state index in [2.05, 4.69) is 19.1 Å². The van der Waals surface area contributed by atoms with Gasteiger partial charge in [0, 0.05) is 6.42 Å². The molecule has 1 atom stereocenters. The van der Waals surface area contributed by atoms with E-state index in [0.717, 1.165) is 31.8 Å². The molecule has 0 radical (unpaired) electrons. The Morgan fingerprint density at radius 2 is 2.36 bits per heavy atom. The Hall–Kier alpha value is -1.02. The van der Waals surface area contributed by atoms with Gasteiger partial charge in [-0.15, -0.1) is 0 Å². The van der Waals surface area contributed by atoms with Crippen LogP contribution in [0.15, 0.2) is 24.3 Å². The summed E-state index contributed by atoms with van der Waals surface area (Å²) in [4.78, 5) is 0. The maximum absolute atomic E-state index is 5.62. The third-order valence-corrected chi connectivity index (χ3v) is 2.42. The molecule has 1 unspecified atom stereocenters. The quantitative estimate of drug-likeness (QED) is 0.668. The lowest BCUT2D eigenvalue weighted by atomic mass is 10.2. The number of epoxide rings is 1. The number of hydrogen-bond acceptors (Lipinski definition) is 2. The van der Waals surface area contributed by atoms with Gasteiger partial charge >= 0.3 is 0 Å². The van der Waals surface area contributed by atoms with Crippen molar-refractivity contribution in [2.24, 2.45) is 0 Å². The van der Waals surface area contributed by atoms with Crippen molar-refractivity contribution in [3.8, 4) is 5.75 Å². The fourth-order valence-corrected chi connectivity index (χ4v) is 1.40. The Morgan fingerprint density at radius 1 is 1.50 bits per heavy atom. The minimum Gasteiger partial charge on any atom is -0.493 e. The van der Waals surface area contributed by atoms with Gasteiger partial charge in [-0.2, -0.15) is 0 Å². The van der Waals surface area contributed by atoms with Crippen molar-refractivity contribution in [1.82, 2.24) is 0 Å². The molecule has 2 rings (SSSR count). The van der Waals surface area contributed by atoms with Crippen LogP contribution in [0.2, 0.25) is 0 Å². The van der Waals surface area contributed by atoms with Crippen molar-refractivity contribution in [3.63, 3.8) is 0 Å². The molecule has 2 nitrogen and oxygen atoms in total. The third-order valence-electron chi connectivity index (χ3n) is 2.42. The standard InChI is InChI=1S/C12H16O2/c1-2-10-4-3-5-11(8-10)13-7-6-12-9-14-12/h3-5,8,12H,2,6-7,9H2,1H3. The van der Waals surface area contributed by atoms with Crippen molar-refractivity contribution >= 4 is 0 Å². The highest BCUT2D eigenvalue weighted by Gasteiger charge is 2.21. The van der Waals surface area contributed by atoms with Crippen LogP contribution in [0.5, 0.6) is 5.75 Å². The minimum absolute atomic E-state index is 0.462. The summed E-state index contributed by atoms with van der Waals surface area (Å²) in [5.41, 5.74) is 1.32. The first kappa shape index (κ1) is 9.53. The van der Waals surface area contributed by atoms with E-state index in [4.69, 9.17) is 9.47 Å². The average Bonchev–Trinajstić information content (AvgIpc) is 3.02. The molecule has 1 aliphatic rings. The van der Waals surface area contributed by atoms with Crippen molar-refractivity contribution in [1.29, 1.82) is 0 Å². The van der Waals surface area contributed by atoms with E-state index in [1.54, 1.807) is 0 Å². The second-order valence-corrected chi connectivity index (χ2v) is 3.59. The molecule has 1 saturated heterocycles. The summed E-state index contributed by atoms with van der Waals surface area (Å²) >= 11 is 0. The highest BCUT2D eigenvalue weighted by molar-refractivity contribution is 5.28. The molecule has 1 heterocycles. The number of ether oxygens (including phenoxy) is 2. The number of rotatable bonds is 5. The summed E-state index contributed by atoms with van der Waals surface area (Å²) in [5.74, 6) is 0.977. The molecule has 1 aromatic rings. The molecular formula is C12H16O2. The van der Waals surface area contributed by atoms with Crippen LogP contribution in [0, 0.1) is 0 Å². The molecule has 0 amide bonds. The highest BCUT2D eigenvalue weighted by atomic mass is 16.6. The van der Waals surface area contributed by atoms with Crippen molar-refractivity contribution in [2.75, 3.05) is 13.2 Å². The van der Waals surface area contributed by atoms with Crippen molar-refractivity contribution in [3.05, 3.63) is 29.8 Å². The van der Waals surface area contributed by atoms with Crippen molar-refractivity contribution < 1.29 is 9.47 Å². The Balaban J connectivity index is 1.81. The van der Waals surface area contributed by atoms with Crippen LogP contribution in [0.4, 0.5) is 0 Å². The molecule has 76 valence electrons. The molecule has 2 heteroatoms. The van der Waals surface area contributed by atoms with Gasteiger partial charge in [-0.3, -0.25) is 0 Å². The van der Waals surface area contributed by atoms with Crippen molar-refractivity contribution in [2.45, 2.75) is 25.9 Å². The predicted molar refractivity (Wildman–Crippen MR) is 55.7 cm³/mol. The van der Waals surface area contributed by atoms with E-state index in [1.807, 2.05) is 12.1 Å². The molecule has 0 aliphatic carbocycles. The first-order chi connectivity index (χ1) is 6.88. The van der Waals surface area contributed by atoms with E-state index < -0.39 is 0 Å². The monoisotopic (exact) mass is 192 g/mol. The Bertz CT molecular complexity index is 292. The van der Waals surface area contributed by atoms with E-state index in [9.17, 15) is 0 Å². The topological polar surface area (TPSA) is 21.8 Å². The minimum atomic E-state index is 0.462. The van der Waals surface area contributed by atoms with Crippen LogP contribution >= 0.6 is 0 Å². The van der Waals surface area contributed by atoms with Gasteiger partial charge < -0.3 is 9.47 Å². The van der Waals surface area contributed by atoms with E-state index >= 15 is 0 Å². The summed E-state index contributed by atoms with van der Waals surface area (Å²) < 4.78 is 10.7. The summed E-state index contributed by atoms with van der Waals surface area (Å²) in [6.07, 6.45) is 2.53. The summed E-state index contributed by atoms with van der Waals surface area (Å²) in [6.45, 7) is 3.83. The fourth-order valence-electron chi connectivity index (χ4n) is 1.40. The zero-order valence-electron chi connectivity index (χ0n) is 8.53. The van der Waals surface area contributed by atoms with Crippen LogP contribution in [0.25, 0.3) is 0 Å². The number of benzene rings is 1. The zero-order valence-corrected chi connectivity index (χ0v) is 8.53. The molecule has 0 spiro atoms. The maximum atomic E-state index is 5.62. The van der Waals surface area contributed by atoms with Gasteiger partial charge in [0.1, 0.15) is 5.75 Å². The van der Waals surface area contributed by atoms with Gasteiger partial charge in [0.2, 0.25) is 0 Å². The normalized spacial score (nSPS) is 19.4. The fraction of sp³-hybridized carbons (Fsp3) is 0.500. The van der Waals surface area contributed by atoms with Crippen LogP contribution in [-0.2, 0) is 11.2 Å². The molecule has 14 heavy (non-hydrogen) atoms. The molecule has 1 fully saturated rings. The Kier molecular flexibility index (Phi) is 3.04. The maximum Gasteiger partial charge on any atom is 0.119 e. The first-order valence-corrected chi connectivity index (χ1v) is 5.22. The average molecular weight is 192 g/mol. The van der Waals surface area contributed by atoms with Crippen LogP contribution in [0.3, 0.4) is 0 Å². The molecule has 1 aliphatic heterocycles. The lowest BCUT2D eigenvalue weighted by Crippen LogP contribution is -2.01. The van der Waals surface area contributed by atoms with Gasteiger partial charge in [-0.05, 0) is 24.1 Å². The van der Waals surface area contributed by atoms with E-state index in [0.29, 0.717) is 6.10 Å². The molecule has 0 saturated carbocycles. The second-order valence-electron chi connectivity index (χ2n) is 3.59. The summed E-state index contributed by atoms with van der Waals surface area (Å²) in [5, 5.41) is 0. The largest absolute Gasteiger partial charge is 0.493 e. The molecular weight excluding hydrogens is 176 g/mol. The van der Waals surface area contributed by atoms with Gasteiger partial charge in [0.05, 0.1) is 19.3 Å². The van der Waals surface area contributed by atoms with Crippen LogP contribution in [0.1, 0.15) is 18.9 Å². The number of aryl methyl sites for hydroxylation is 1. The summed E-state index contributed by atoms with van der Waals surface area (Å²) in [7, 11) is 0. The smallest absolute Gasteiger partial charge is 0.119 e. The van der Waals surface area contributed by atoms with Crippen LogP contribution < -0.4 is 4.74 Å². The first-order valence-electron chi connectivity index (χ1n) is 5.22. The van der Waals surface area contributed by atoms with Gasteiger partial charge in [0.25, 0.3) is 0 Å². The SMILES string of the molecule is CCc1cccc(OCCC2CO2)c1.